The lowest BCUT2D eigenvalue weighted by Gasteiger charge is -2.19. The summed E-state index contributed by atoms with van der Waals surface area (Å²) in [6, 6.07) is -0.269. The number of carbonyl (C=O) groups excluding carboxylic acids is 2. The maximum atomic E-state index is 11.5. The molecule has 0 unspecified atom stereocenters. The SMILES string of the molecule is CC(C)N1CC(=O)N(CCO)C1=O. The third kappa shape index (κ3) is 1.80. The molecule has 0 bridgehead atoms. The number of β-amino-alcohol motifs (C(OH)–C–C–N with tert-alkyl or cyclic N) is 1. The molecule has 1 heterocycles. The van der Waals surface area contributed by atoms with Crippen LogP contribution in [0.4, 0.5) is 4.79 Å². The van der Waals surface area contributed by atoms with Gasteiger partial charge in [0, 0.05) is 6.04 Å². The Hall–Kier alpha value is -1.10. The lowest BCUT2D eigenvalue weighted by molar-refractivity contribution is -0.125. The maximum absolute atomic E-state index is 11.5. The molecule has 1 fully saturated rings. The van der Waals surface area contributed by atoms with Crippen LogP contribution >= 0.6 is 0 Å². The van der Waals surface area contributed by atoms with Crippen molar-refractivity contribution in [2.24, 2.45) is 0 Å². The molecule has 1 saturated heterocycles. The van der Waals surface area contributed by atoms with E-state index in [0.29, 0.717) is 0 Å². The Bertz CT molecular complexity index is 227. The molecule has 0 aromatic rings. The summed E-state index contributed by atoms with van der Waals surface area (Å²) in [6.07, 6.45) is 0. The molecule has 0 spiro atoms. The fourth-order valence-electron chi connectivity index (χ4n) is 1.28. The molecular weight excluding hydrogens is 172 g/mol. The summed E-state index contributed by atoms with van der Waals surface area (Å²) in [6.45, 7) is 3.77. The van der Waals surface area contributed by atoms with Crippen LogP contribution in [-0.2, 0) is 4.79 Å². The van der Waals surface area contributed by atoms with Crippen LogP contribution in [0.2, 0.25) is 0 Å². The Kier molecular flexibility index (Phi) is 2.87. The highest BCUT2D eigenvalue weighted by Gasteiger charge is 2.36. The second kappa shape index (κ2) is 3.74. The lowest BCUT2D eigenvalue weighted by Crippen LogP contribution is -2.37. The highest BCUT2D eigenvalue weighted by atomic mass is 16.3. The third-order valence-corrected chi connectivity index (χ3v) is 2.03. The average molecular weight is 186 g/mol. The van der Waals surface area contributed by atoms with Crippen LogP contribution in [0.15, 0.2) is 0 Å². The summed E-state index contributed by atoms with van der Waals surface area (Å²) in [7, 11) is 0. The molecule has 0 aromatic carbocycles. The average Bonchev–Trinajstić information content (AvgIpc) is 2.32. The van der Waals surface area contributed by atoms with Crippen molar-refractivity contribution in [3.05, 3.63) is 0 Å². The second-order valence-corrected chi connectivity index (χ2v) is 3.27. The molecule has 0 radical (unpaired) electrons. The number of rotatable bonds is 3. The van der Waals surface area contributed by atoms with Crippen LogP contribution < -0.4 is 0 Å². The van der Waals surface area contributed by atoms with E-state index in [1.807, 2.05) is 13.8 Å². The van der Waals surface area contributed by atoms with Gasteiger partial charge in [0.25, 0.3) is 0 Å². The first-order chi connectivity index (χ1) is 6.07. The first kappa shape index (κ1) is 9.98. The van der Waals surface area contributed by atoms with E-state index in [-0.39, 0.29) is 37.7 Å². The number of imide groups is 1. The summed E-state index contributed by atoms with van der Waals surface area (Å²) >= 11 is 0. The van der Waals surface area contributed by atoms with Gasteiger partial charge in [-0.25, -0.2) is 4.79 Å². The largest absolute Gasteiger partial charge is 0.395 e. The van der Waals surface area contributed by atoms with Crippen LogP contribution in [0.1, 0.15) is 13.8 Å². The molecule has 0 aromatic heterocycles. The highest BCUT2D eigenvalue weighted by molar-refractivity contribution is 6.02. The molecule has 1 rings (SSSR count). The van der Waals surface area contributed by atoms with Crippen molar-refractivity contribution in [2.75, 3.05) is 19.7 Å². The van der Waals surface area contributed by atoms with E-state index >= 15 is 0 Å². The van der Waals surface area contributed by atoms with E-state index in [1.54, 1.807) is 0 Å². The Balaban J connectivity index is 2.69. The van der Waals surface area contributed by atoms with Crippen molar-refractivity contribution in [2.45, 2.75) is 19.9 Å². The zero-order chi connectivity index (χ0) is 10.0. The number of hydrogen-bond acceptors (Lipinski definition) is 3. The number of hydrogen-bond donors (Lipinski definition) is 1. The Morgan fingerprint density at radius 2 is 2.08 bits per heavy atom. The van der Waals surface area contributed by atoms with Gasteiger partial charge in [-0.1, -0.05) is 0 Å². The van der Waals surface area contributed by atoms with Gasteiger partial charge in [0.05, 0.1) is 13.2 Å². The first-order valence-electron chi connectivity index (χ1n) is 4.29. The van der Waals surface area contributed by atoms with Gasteiger partial charge in [0.15, 0.2) is 0 Å². The second-order valence-electron chi connectivity index (χ2n) is 3.27. The molecule has 5 heteroatoms. The van der Waals surface area contributed by atoms with E-state index in [0.717, 1.165) is 4.90 Å². The molecule has 0 atom stereocenters. The number of nitrogens with zero attached hydrogens (tertiary/aromatic N) is 2. The van der Waals surface area contributed by atoms with Crippen molar-refractivity contribution in [1.29, 1.82) is 0 Å². The summed E-state index contributed by atoms with van der Waals surface area (Å²) in [5.41, 5.74) is 0. The van der Waals surface area contributed by atoms with Crippen LogP contribution in [0.5, 0.6) is 0 Å². The van der Waals surface area contributed by atoms with Crippen molar-refractivity contribution in [1.82, 2.24) is 9.80 Å². The number of aliphatic hydroxyl groups is 1. The topological polar surface area (TPSA) is 60.9 Å². The summed E-state index contributed by atoms with van der Waals surface area (Å²) in [5.74, 6) is -0.229. The Morgan fingerprint density at radius 1 is 1.46 bits per heavy atom. The highest BCUT2D eigenvalue weighted by Crippen LogP contribution is 2.12. The minimum atomic E-state index is -0.297. The molecule has 13 heavy (non-hydrogen) atoms. The molecule has 1 N–H and O–H groups in total. The zero-order valence-corrected chi connectivity index (χ0v) is 7.86. The summed E-state index contributed by atoms with van der Waals surface area (Å²) in [4.78, 5) is 25.3. The minimum Gasteiger partial charge on any atom is -0.395 e. The van der Waals surface area contributed by atoms with E-state index < -0.39 is 0 Å². The number of urea groups is 1. The standard InChI is InChI=1S/C8H14N2O3/c1-6(2)10-5-7(12)9(3-4-11)8(10)13/h6,11H,3-5H2,1-2H3. The monoisotopic (exact) mass is 186 g/mol. The molecule has 0 saturated carbocycles. The summed E-state index contributed by atoms with van der Waals surface area (Å²) < 4.78 is 0. The molecule has 3 amide bonds. The molecule has 0 aliphatic carbocycles. The van der Waals surface area contributed by atoms with Gasteiger partial charge in [-0.15, -0.1) is 0 Å². The van der Waals surface area contributed by atoms with Gasteiger partial charge in [0.2, 0.25) is 5.91 Å². The van der Waals surface area contributed by atoms with E-state index in [2.05, 4.69) is 0 Å². The third-order valence-electron chi connectivity index (χ3n) is 2.03. The van der Waals surface area contributed by atoms with E-state index in [1.165, 1.54) is 4.90 Å². The predicted octanol–water partition coefficient (Wildman–Crippen LogP) is -0.349. The van der Waals surface area contributed by atoms with Gasteiger partial charge in [-0.2, -0.15) is 0 Å². The molecular formula is C8H14N2O3. The van der Waals surface area contributed by atoms with Gasteiger partial charge in [-0.3, -0.25) is 9.69 Å². The van der Waals surface area contributed by atoms with Gasteiger partial charge in [-0.05, 0) is 13.8 Å². The van der Waals surface area contributed by atoms with Crippen LogP contribution in [0.25, 0.3) is 0 Å². The number of carbonyl (C=O) groups is 2. The molecule has 1 aliphatic heterocycles. The fraction of sp³-hybridized carbons (Fsp3) is 0.750. The predicted molar refractivity (Wildman–Crippen MR) is 46.0 cm³/mol. The van der Waals surface area contributed by atoms with Crippen molar-refractivity contribution >= 4 is 11.9 Å². The van der Waals surface area contributed by atoms with Crippen molar-refractivity contribution in [3.8, 4) is 0 Å². The van der Waals surface area contributed by atoms with Crippen molar-refractivity contribution < 1.29 is 14.7 Å². The zero-order valence-electron chi connectivity index (χ0n) is 7.86. The lowest BCUT2D eigenvalue weighted by atomic mass is 10.3. The molecule has 5 nitrogen and oxygen atoms in total. The Labute approximate surface area is 76.9 Å². The number of amides is 3. The normalized spacial score (nSPS) is 17.8. The van der Waals surface area contributed by atoms with Gasteiger partial charge < -0.3 is 10.0 Å². The quantitative estimate of drug-likeness (QED) is 0.613. The van der Waals surface area contributed by atoms with E-state index in [9.17, 15) is 9.59 Å². The fourth-order valence-corrected chi connectivity index (χ4v) is 1.28. The first-order valence-corrected chi connectivity index (χ1v) is 4.29. The summed E-state index contributed by atoms with van der Waals surface area (Å²) in [5, 5.41) is 8.62. The Morgan fingerprint density at radius 3 is 2.46 bits per heavy atom. The van der Waals surface area contributed by atoms with Crippen LogP contribution in [0, 0.1) is 0 Å². The van der Waals surface area contributed by atoms with Gasteiger partial charge >= 0.3 is 6.03 Å². The maximum Gasteiger partial charge on any atom is 0.327 e. The minimum absolute atomic E-state index is 0.0279. The smallest absolute Gasteiger partial charge is 0.327 e. The number of aliphatic hydroxyl groups excluding tert-OH is 1. The van der Waals surface area contributed by atoms with Crippen LogP contribution in [-0.4, -0.2) is 52.6 Å². The van der Waals surface area contributed by atoms with E-state index in [4.69, 9.17) is 5.11 Å². The molecule has 1 aliphatic rings. The van der Waals surface area contributed by atoms with Crippen molar-refractivity contribution in [3.63, 3.8) is 0 Å². The van der Waals surface area contributed by atoms with Crippen LogP contribution in [0.3, 0.4) is 0 Å². The van der Waals surface area contributed by atoms with Gasteiger partial charge in [0.1, 0.15) is 6.54 Å². The molecule has 74 valence electrons.